The number of hydrogen-bond donors (Lipinski definition) is 1. The van der Waals surface area contributed by atoms with Crippen LogP contribution < -0.4 is 5.73 Å². The molecule has 0 bridgehead atoms. The monoisotopic (exact) mass is 141 g/mol. The van der Waals surface area contributed by atoms with Crippen LogP contribution in [-0.4, -0.2) is 29.9 Å². The van der Waals surface area contributed by atoms with Crippen LogP contribution in [0.15, 0.2) is 4.99 Å². The third-order valence-electron chi connectivity index (χ3n) is 1.54. The van der Waals surface area contributed by atoms with Crippen molar-refractivity contribution in [3.8, 4) is 0 Å². The minimum absolute atomic E-state index is 0.0417. The summed E-state index contributed by atoms with van der Waals surface area (Å²) in [5.74, 6) is 0.365. The van der Waals surface area contributed by atoms with Gasteiger partial charge in [-0.1, -0.05) is 0 Å². The van der Waals surface area contributed by atoms with E-state index in [1.807, 2.05) is 6.92 Å². The highest BCUT2D eigenvalue weighted by molar-refractivity contribution is 5.97. The maximum atomic E-state index is 11.0. The zero-order valence-corrected chi connectivity index (χ0v) is 6.16. The largest absolute Gasteiger partial charge is 0.369 e. The van der Waals surface area contributed by atoms with Gasteiger partial charge < -0.3 is 5.73 Å². The van der Waals surface area contributed by atoms with E-state index < -0.39 is 0 Å². The average molecular weight is 141 g/mol. The first-order valence-corrected chi connectivity index (χ1v) is 3.21. The summed E-state index contributed by atoms with van der Waals surface area (Å²) < 4.78 is 0. The molecule has 1 atom stereocenters. The first-order valence-electron chi connectivity index (χ1n) is 3.21. The van der Waals surface area contributed by atoms with Crippen LogP contribution in [0, 0.1) is 0 Å². The van der Waals surface area contributed by atoms with E-state index in [-0.39, 0.29) is 11.9 Å². The lowest BCUT2D eigenvalue weighted by Crippen LogP contribution is -2.44. The molecule has 1 heterocycles. The molecule has 56 valence electrons. The second-order valence-electron chi connectivity index (χ2n) is 2.49. The summed E-state index contributed by atoms with van der Waals surface area (Å²) in [6, 6.07) is 0.0451. The van der Waals surface area contributed by atoms with Crippen LogP contribution in [-0.2, 0) is 4.79 Å². The van der Waals surface area contributed by atoms with E-state index in [1.165, 1.54) is 4.90 Å². The smallest absolute Gasteiger partial charge is 0.231 e. The molecule has 4 nitrogen and oxygen atoms in total. The maximum absolute atomic E-state index is 11.0. The molecule has 0 saturated carbocycles. The van der Waals surface area contributed by atoms with Crippen LogP contribution in [0.25, 0.3) is 0 Å². The quantitative estimate of drug-likeness (QED) is 0.496. The number of aliphatic imine (C=N–C) groups is 1. The number of carbonyl (C=O) groups is 1. The van der Waals surface area contributed by atoms with Gasteiger partial charge in [-0.2, -0.15) is 0 Å². The number of guanidine groups is 1. The molecule has 2 N–H and O–H groups in total. The molecule has 1 unspecified atom stereocenters. The summed E-state index contributed by atoms with van der Waals surface area (Å²) in [5.41, 5.74) is 5.41. The molecule has 1 amide bonds. The molecule has 0 spiro atoms. The van der Waals surface area contributed by atoms with E-state index in [4.69, 9.17) is 5.73 Å². The van der Waals surface area contributed by atoms with Gasteiger partial charge in [0, 0.05) is 13.5 Å². The van der Waals surface area contributed by atoms with Crippen molar-refractivity contribution in [3.05, 3.63) is 0 Å². The van der Waals surface area contributed by atoms with Gasteiger partial charge in [-0.25, -0.2) is 4.99 Å². The van der Waals surface area contributed by atoms with Gasteiger partial charge in [-0.3, -0.25) is 9.69 Å². The Morgan fingerprint density at radius 3 is 2.90 bits per heavy atom. The molecule has 0 radical (unpaired) electrons. The fourth-order valence-electron chi connectivity index (χ4n) is 0.875. The summed E-state index contributed by atoms with van der Waals surface area (Å²) in [5, 5.41) is 0. The Balaban J connectivity index is 2.81. The molecule has 1 rings (SSSR count). The molecular weight excluding hydrogens is 130 g/mol. The van der Waals surface area contributed by atoms with Gasteiger partial charge in [0.2, 0.25) is 5.91 Å². The molecule has 1 aliphatic rings. The van der Waals surface area contributed by atoms with Gasteiger partial charge in [-0.15, -0.1) is 0 Å². The van der Waals surface area contributed by atoms with Gasteiger partial charge in [0.05, 0.1) is 6.04 Å². The molecule has 4 heteroatoms. The molecule has 0 aromatic carbocycles. The van der Waals surface area contributed by atoms with Crippen molar-refractivity contribution in [3.63, 3.8) is 0 Å². The maximum Gasteiger partial charge on any atom is 0.231 e. The summed E-state index contributed by atoms with van der Waals surface area (Å²) in [7, 11) is 1.63. The lowest BCUT2D eigenvalue weighted by Gasteiger charge is -2.23. The normalized spacial score (nSPS) is 26.6. The van der Waals surface area contributed by atoms with Gasteiger partial charge in [0.25, 0.3) is 0 Å². The molecule has 0 saturated heterocycles. The minimum atomic E-state index is 0.0417. The molecule has 0 aliphatic carbocycles. The van der Waals surface area contributed by atoms with Crippen molar-refractivity contribution in [1.82, 2.24) is 4.90 Å². The Labute approximate surface area is 59.7 Å². The van der Waals surface area contributed by atoms with Crippen LogP contribution in [0.5, 0.6) is 0 Å². The predicted octanol–water partition coefficient (Wildman–Crippen LogP) is -0.448. The van der Waals surface area contributed by atoms with Crippen molar-refractivity contribution < 1.29 is 4.79 Å². The molecule has 0 aromatic heterocycles. The molecule has 10 heavy (non-hydrogen) atoms. The molecular formula is C6H11N3O. The second-order valence-corrected chi connectivity index (χ2v) is 2.49. The summed E-state index contributed by atoms with van der Waals surface area (Å²) in [4.78, 5) is 16.4. The highest BCUT2D eigenvalue weighted by Gasteiger charge is 2.20. The lowest BCUT2D eigenvalue weighted by atomic mass is 10.2. The topological polar surface area (TPSA) is 58.7 Å². The van der Waals surface area contributed by atoms with Crippen molar-refractivity contribution in [2.75, 3.05) is 7.05 Å². The van der Waals surface area contributed by atoms with E-state index in [0.717, 1.165) is 0 Å². The Kier molecular flexibility index (Phi) is 1.61. The van der Waals surface area contributed by atoms with Gasteiger partial charge in [0.1, 0.15) is 0 Å². The third-order valence-corrected chi connectivity index (χ3v) is 1.54. The summed E-state index contributed by atoms with van der Waals surface area (Å²) in [6.45, 7) is 1.87. The van der Waals surface area contributed by atoms with Crippen LogP contribution >= 0.6 is 0 Å². The van der Waals surface area contributed by atoms with E-state index >= 15 is 0 Å². The van der Waals surface area contributed by atoms with Crippen molar-refractivity contribution in [2.45, 2.75) is 19.4 Å². The Bertz CT molecular complexity index is 187. The zero-order chi connectivity index (χ0) is 7.72. The van der Waals surface area contributed by atoms with Crippen LogP contribution in [0.2, 0.25) is 0 Å². The average Bonchev–Trinajstić information content (AvgIpc) is 1.82. The number of nitrogens with two attached hydrogens (primary N) is 1. The number of rotatable bonds is 0. The highest BCUT2D eigenvalue weighted by Crippen LogP contribution is 2.06. The Morgan fingerprint density at radius 1 is 1.80 bits per heavy atom. The fourth-order valence-corrected chi connectivity index (χ4v) is 0.875. The van der Waals surface area contributed by atoms with E-state index in [0.29, 0.717) is 12.4 Å². The van der Waals surface area contributed by atoms with E-state index in [9.17, 15) is 4.79 Å². The summed E-state index contributed by atoms with van der Waals surface area (Å²) >= 11 is 0. The number of carbonyl (C=O) groups excluding carboxylic acids is 1. The van der Waals surface area contributed by atoms with Crippen LogP contribution in [0.1, 0.15) is 13.3 Å². The first-order chi connectivity index (χ1) is 4.61. The second kappa shape index (κ2) is 2.28. The fraction of sp³-hybridized carbons (Fsp3) is 0.667. The predicted molar refractivity (Wildman–Crippen MR) is 38.5 cm³/mol. The van der Waals surface area contributed by atoms with Gasteiger partial charge in [-0.05, 0) is 6.92 Å². The van der Waals surface area contributed by atoms with E-state index in [1.54, 1.807) is 7.05 Å². The molecule has 1 aliphatic heterocycles. The summed E-state index contributed by atoms with van der Waals surface area (Å²) in [6.07, 6.45) is 0.469. The zero-order valence-electron chi connectivity index (χ0n) is 6.16. The van der Waals surface area contributed by atoms with Gasteiger partial charge in [0.15, 0.2) is 5.96 Å². The molecule has 0 aromatic rings. The van der Waals surface area contributed by atoms with Crippen molar-refractivity contribution in [2.24, 2.45) is 10.7 Å². The number of amides is 1. The minimum Gasteiger partial charge on any atom is -0.369 e. The highest BCUT2D eigenvalue weighted by atomic mass is 16.2. The number of nitrogens with zero attached hydrogens (tertiary/aromatic N) is 2. The van der Waals surface area contributed by atoms with Crippen LogP contribution in [0.4, 0.5) is 0 Å². The van der Waals surface area contributed by atoms with Crippen LogP contribution in [0.3, 0.4) is 0 Å². The third kappa shape index (κ3) is 1.10. The van der Waals surface area contributed by atoms with E-state index in [2.05, 4.69) is 4.99 Å². The van der Waals surface area contributed by atoms with Gasteiger partial charge >= 0.3 is 0 Å². The first kappa shape index (κ1) is 7.05. The lowest BCUT2D eigenvalue weighted by molar-refractivity contribution is -0.127. The SMILES string of the molecule is CC1CC(=O)N(C)C(N)=N1. The molecule has 0 fully saturated rings. The standard InChI is InChI=1S/C6H11N3O/c1-4-3-5(10)9(2)6(7)8-4/h4H,3H2,1-2H3,(H2,7,8). The number of hydrogen-bond acceptors (Lipinski definition) is 3. The van der Waals surface area contributed by atoms with Crippen molar-refractivity contribution in [1.29, 1.82) is 0 Å². The Hall–Kier alpha value is -1.06. The van der Waals surface area contributed by atoms with Crippen molar-refractivity contribution >= 4 is 11.9 Å². The Morgan fingerprint density at radius 2 is 2.40 bits per heavy atom.